The highest BCUT2D eigenvalue weighted by atomic mass is 32.2. The number of amides is 1. The lowest BCUT2D eigenvalue weighted by Gasteiger charge is -2.14. The van der Waals surface area contributed by atoms with Crippen LogP contribution in [0.4, 0.5) is 5.69 Å². The van der Waals surface area contributed by atoms with Crippen LogP contribution in [0.5, 0.6) is 0 Å². The van der Waals surface area contributed by atoms with Gasteiger partial charge in [0.1, 0.15) is 0 Å². The summed E-state index contributed by atoms with van der Waals surface area (Å²) >= 11 is 1.48. The van der Waals surface area contributed by atoms with Crippen LogP contribution in [0.15, 0.2) is 71.9 Å². The molecular weight excluding hydrogens is 438 g/mol. The summed E-state index contributed by atoms with van der Waals surface area (Å²) in [6.07, 6.45) is 0.696. The Morgan fingerprint density at radius 1 is 0.853 bits per heavy atom. The van der Waals surface area contributed by atoms with E-state index >= 15 is 0 Å². The van der Waals surface area contributed by atoms with Crippen LogP contribution in [0.2, 0.25) is 0 Å². The summed E-state index contributed by atoms with van der Waals surface area (Å²) in [5.41, 5.74) is 9.52. The van der Waals surface area contributed by atoms with E-state index in [9.17, 15) is 4.79 Å². The molecule has 4 nitrogen and oxygen atoms in total. The van der Waals surface area contributed by atoms with Crippen molar-refractivity contribution in [2.75, 3.05) is 5.32 Å². The monoisotopic (exact) mass is 469 g/mol. The predicted octanol–water partition coefficient (Wildman–Crippen LogP) is 7.49. The van der Waals surface area contributed by atoms with Gasteiger partial charge in [-0.3, -0.25) is 4.79 Å². The zero-order chi connectivity index (χ0) is 24.2. The quantitative estimate of drug-likeness (QED) is 0.276. The smallest absolute Gasteiger partial charge is 0.237 e. The fourth-order valence-electron chi connectivity index (χ4n) is 3.98. The summed E-state index contributed by atoms with van der Waals surface area (Å²) in [6.45, 7) is 10.3. The third-order valence-corrected chi connectivity index (χ3v) is 7.00. The fraction of sp³-hybridized carbons (Fsp3) is 0.241. The van der Waals surface area contributed by atoms with Gasteiger partial charge in [0.2, 0.25) is 5.91 Å². The molecule has 1 amide bonds. The third kappa shape index (κ3) is 5.60. The second-order valence-electron chi connectivity index (χ2n) is 8.88. The van der Waals surface area contributed by atoms with Crippen molar-refractivity contribution in [2.45, 2.75) is 51.4 Å². The lowest BCUT2D eigenvalue weighted by atomic mass is 10.0. The highest BCUT2D eigenvalue weighted by Crippen LogP contribution is 2.35. The molecule has 0 spiro atoms. The molecule has 0 aliphatic heterocycles. The van der Waals surface area contributed by atoms with E-state index in [0.717, 1.165) is 44.5 Å². The number of aromatic nitrogens is 2. The Labute approximate surface area is 206 Å². The first-order valence-corrected chi connectivity index (χ1v) is 12.5. The Morgan fingerprint density at radius 2 is 1.41 bits per heavy atom. The van der Waals surface area contributed by atoms with Crippen LogP contribution in [0, 0.1) is 27.7 Å². The van der Waals surface area contributed by atoms with Crippen LogP contribution in [0.1, 0.15) is 35.6 Å². The number of imidazole rings is 1. The van der Waals surface area contributed by atoms with Crippen LogP contribution in [-0.4, -0.2) is 21.1 Å². The number of H-pyrrole nitrogens is 1. The van der Waals surface area contributed by atoms with Crippen molar-refractivity contribution in [3.63, 3.8) is 0 Å². The largest absolute Gasteiger partial charge is 0.332 e. The van der Waals surface area contributed by atoms with Gasteiger partial charge in [0.25, 0.3) is 0 Å². The topological polar surface area (TPSA) is 57.8 Å². The summed E-state index contributed by atoms with van der Waals surface area (Å²) in [5, 5.41) is 3.57. The first-order valence-electron chi connectivity index (χ1n) is 11.6. The zero-order valence-electron chi connectivity index (χ0n) is 20.4. The molecule has 4 rings (SSSR count). The molecule has 0 saturated carbocycles. The number of anilines is 1. The van der Waals surface area contributed by atoms with E-state index in [1.165, 1.54) is 22.9 Å². The van der Waals surface area contributed by atoms with E-state index < -0.39 is 0 Å². The van der Waals surface area contributed by atoms with Gasteiger partial charge in [-0.15, -0.1) is 0 Å². The minimum Gasteiger partial charge on any atom is -0.332 e. The van der Waals surface area contributed by atoms with Gasteiger partial charge in [0.05, 0.1) is 16.6 Å². The van der Waals surface area contributed by atoms with Gasteiger partial charge in [-0.1, -0.05) is 84.4 Å². The molecule has 34 heavy (non-hydrogen) atoms. The molecule has 1 atom stereocenters. The fourth-order valence-corrected chi connectivity index (χ4v) is 4.89. The zero-order valence-corrected chi connectivity index (χ0v) is 21.2. The number of nitrogens with zero attached hydrogens (tertiary/aromatic N) is 1. The van der Waals surface area contributed by atoms with Crippen molar-refractivity contribution in [1.29, 1.82) is 0 Å². The first-order chi connectivity index (χ1) is 16.3. The normalized spacial score (nSPS) is 11.9. The molecule has 5 heteroatoms. The van der Waals surface area contributed by atoms with Crippen molar-refractivity contribution in [1.82, 2.24) is 9.97 Å². The number of carbonyl (C=O) groups is 1. The van der Waals surface area contributed by atoms with E-state index in [2.05, 4.69) is 78.7 Å². The molecule has 0 bridgehead atoms. The predicted molar refractivity (Wildman–Crippen MR) is 143 cm³/mol. The highest BCUT2D eigenvalue weighted by Gasteiger charge is 2.22. The SMILES string of the molecule is CCC(Sc1nc(-c2ccc(C)cc2)c(-c2ccc(C)cc2)[nH]1)C(=O)Nc1cc(C)cc(C)c1. The molecule has 4 aromatic rings. The third-order valence-electron chi connectivity index (χ3n) is 5.75. The van der Waals surface area contributed by atoms with Crippen molar-refractivity contribution in [2.24, 2.45) is 0 Å². The minimum absolute atomic E-state index is 0.0114. The number of nitrogens with one attached hydrogen (secondary N) is 2. The molecule has 0 aliphatic rings. The van der Waals surface area contributed by atoms with E-state index in [-0.39, 0.29) is 11.2 Å². The number of carbonyl (C=O) groups excluding carboxylic acids is 1. The van der Waals surface area contributed by atoms with Gasteiger partial charge in [0, 0.05) is 16.8 Å². The number of aryl methyl sites for hydroxylation is 4. The Kier molecular flexibility index (Phi) is 7.23. The molecule has 3 aromatic carbocycles. The Morgan fingerprint density at radius 3 is 1.97 bits per heavy atom. The molecule has 1 heterocycles. The van der Waals surface area contributed by atoms with Gasteiger partial charge < -0.3 is 10.3 Å². The molecule has 0 radical (unpaired) electrons. The maximum atomic E-state index is 13.1. The summed E-state index contributed by atoms with van der Waals surface area (Å²) in [4.78, 5) is 21.5. The second kappa shape index (κ2) is 10.3. The van der Waals surface area contributed by atoms with Gasteiger partial charge in [-0.2, -0.15) is 0 Å². The Hall–Kier alpha value is -3.31. The summed E-state index contributed by atoms with van der Waals surface area (Å²) in [5.74, 6) is -0.0114. The Balaban J connectivity index is 1.63. The van der Waals surface area contributed by atoms with Gasteiger partial charge >= 0.3 is 0 Å². The van der Waals surface area contributed by atoms with Crippen LogP contribution in [0.25, 0.3) is 22.5 Å². The van der Waals surface area contributed by atoms with Crippen LogP contribution >= 0.6 is 11.8 Å². The Bertz CT molecular complexity index is 1210. The average Bonchev–Trinajstić information content (AvgIpc) is 3.21. The van der Waals surface area contributed by atoms with Crippen molar-refractivity contribution >= 4 is 23.4 Å². The van der Waals surface area contributed by atoms with E-state index in [4.69, 9.17) is 4.98 Å². The van der Waals surface area contributed by atoms with Crippen LogP contribution in [-0.2, 0) is 4.79 Å². The van der Waals surface area contributed by atoms with Gasteiger partial charge in [-0.05, 0) is 57.4 Å². The van der Waals surface area contributed by atoms with Crippen molar-refractivity contribution < 1.29 is 4.79 Å². The molecule has 1 aromatic heterocycles. The number of aromatic amines is 1. The van der Waals surface area contributed by atoms with Gasteiger partial charge in [-0.25, -0.2) is 4.98 Å². The molecule has 174 valence electrons. The van der Waals surface area contributed by atoms with E-state index in [1.54, 1.807) is 0 Å². The van der Waals surface area contributed by atoms with Gasteiger partial charge in [0.15, 0.2) is 5.16 Å². The van der Waals surface area contributed by atoms with Crippen molar-refractivity contribution in [3.05, 3.63) is 89.0 Å². The van der Waals surface area contributed by atoms with Crippen LogP contribution < -0.4 is 5.32 Å². The first kappa shape index (κ1) is 23.8. The van der Waals surface area contributed by atoms with E-state index in [1.807, 2.05) is 32.9 Å². The molecule has 0 saturated heterocycles. The molecule has 0 aliphatic carbocycles. The average molecular weight is 470 g/mol. The number of hydrogen-bond acceptors (Lipinski definition) is 3. The minimum atomic E-state index is -0.260. The molecular formula is C29H31N3OS. The lowest BCUT2D eigenvalue weighted by Crippen LogP contribution is -2.24. The highest BCUT2D eigenvalue weighted by molar-refractivity contribution is 8.00. The number of thioether (sulfide) groups is 1. The maximum absolute atomic E-state index is 13.1. The standard InChI is InChI=1S/C29H31N3OS/c1-6-25(28(33)30-24-16-20(4)15-21(5)17-24)34-29-31-26(22-11-7-18(2)8-12-22)27(32-29)23-13-9-19(3)10-14-23/h7-17,25H,6H2,1-5H3,(H,30,33)(H,31,32). The summed E-state index contributed by atoms with van der Waals surface area (Å²) in [7, 11) is 0. The maximum Gasteiger partial charge on any atom is 0.237 e. The number of hydrogen-bond donors (Lipinski definition) is 2. The second-order valence-corrected chi connectivity index (χ2v) is 10.1. The van der Waals surface area contributed by atoms with Crippen molar-refractivity contribution in [3.8, 4) is 22.5 Å². The molecule has 2 N–H and O–H groups in total. The number of rotatable bonds is 7. The number of benzene rings is 3. The summed E-state index contributed by atoms with van der Waals surface area (Å²) in [6, 6.07) is 22.9. The van der Waals surface area contributed by atoms with E-state index in [0.29, 0.717) is 6.42 Å². The van der Waals surface area contributed by atoms with Crippen LogP contribution in [0.3, 0.4) is 0 Å². The summed E-state index contributed by atoms with van der Waals surface area (Å²) < 4.78 is 0. The lowest BCUT2D eigenvalue weighted by molar-refractivity contribution is -0.115. The molecule has 1 unspecified atom stereocenters. The molecule has 0 fully saturated rings.